The standard InChI is InChI=1S/C20H19F3N6O4S2/c1-35(32)29-12-4-2-11(3-5-12)19(30)24-8-9-34-20-16(27-33-28-20)18(26-31)25-13-6-7-15(21)14(10-13)17(22)23/h2-7,10,17,29,31H,8-9H2,1H3,(H,24,30)(H,25,26). The third kappa shape index (κ3) is 7.27. The Bertz CT molecular complexity index is 1220. The third-order valence-corrected chi connectivity index (χ3v) is 5.75. The van der Waals surface area contributed by atoms with Crippen molar-refractivity contribution in [2.24, 2.45) is 4.99 Å². The predicted octanol–water partition coefficient (Wildman–Crippen LogP) is 3.43. The molecule has 3 aromatic rings. The van der Waals surface area contributed by atoms with Gasteiger partial charge in [0.15, 0.2) is 16.6 Å². The number of hydroxylamine groups is 1. The number of aromatic nitrogens is 2. The first-order valence-electron chi connectivity index (χ1n) is 9.79. The summed E-state index contributed by atoms with van der Waals surface area (Å²) in [6.45, 7) is 0.240. The molecule has 0 saturated carbocycles. The van der Waals surface area contributed by atoms with Gasteiger partial charge in [-0.25, -0.2) is 27.0 Å². The highest BCUT2D eigenvalue weighted by molar-refractivity contribution is 7.99. The van der Waals surface area contributed by atoms with Crippen molar-refractivity contribution in [1.29, 1.82) is 0 Å². The summed E-state index contributed by atoms with van der Waals surface area (Å²) < 4.78 is 57.9. The van der Waals surface area contributed by atoms with Crippen LogP contribution in [-0.4, -0.2) is 50.0 Å². The van der Waals surface area contributed by atoms with E-state index in [0.717, 1.165) is 30.0 Å². The van der Waals surface area contributed by atoms with E-state index in [1.807, 2.05) is 0 Å². The Kier molecular flexibility index (Phi) is 9.22. The van der Waals surface area contributed by atoms with Crippen LogP contribution < -0.4 is 15.5 Å². The summed E-state index contributed by atoms with van der Waals surface area (Å²) in [4.78, 5) is 16.2. The predicted molar refractivity (Wildman–Crippen MR) is 124 cm³/mol. The molecule has 0 aliphatic rings. The average molecular weight is 529 g/mol. The zero-order valence-electron chi connectivity index (χ0n) is 18.0. The van der Waals surface area contributed by atoms with Crippen molar-refractivity contribution < 1.29 is 32.0 Å². The molecule has 0 spiro atoms. The number of aliphatic imine (C=N–C) groups is 1. The molecule has 10 nitrogen and oxygen atoms in total. The van der Waals surface area contributed by atoms with Gasteiger partial charge in [-0.3, -0.25) is 15.5 Å². The van der Waals surface area contributed by atoms with E-state index >= 15 is 0 Å². The van der Waals surface area contributed by atoms with Gasteiger partial charge in [0, 0.05) is 29.8 Å². The van der Waals surface area contributed by atoms with Crippen molar-refractivity contribution in [1.82, 2.24) is 21.1 Å². The second kappa shape index (κ2) is 12.3. The van der Waals surface area contributed by atoms with Gasteiger partial charge >= 0.3 is 0 Å². The van der Waals surface area contributed by atoms with E-state index in [4.69, 9.17) is 0 Å². The molecular weight excluding hydrogens is 509 g/mol. The third-order valence-electron chi connectivity index (χ3n) is 4.28. The Balaban J connectivity index is 1.60. The Morgan fingerprint density at radius 1 is 1.23 bits per heavy atom. The first kappa shape index (κ1) is 26.2. The Morgan fingerprint density at radius 3 is 2.63 bits per heavy atom. The first-order valence-corrected chi connectivity index (χ1v) is 12.3. The molecule has 1 atom stereocenters. The van der Waals surface area contributed by atoms with E-state index < -0.39 is 28.8 Å². The van der Waals surface area contributed by atoms with Crippen LogP contribution in [0.1, 0.15) is 28.0 Å². The van der Waals surface area contributed by atoms with Gasteiger partial charge in [0.25, 0.3) is 12.3 Å². The van der Waals surface area contributed by atoms with Crippen molar-refractivity contribution >= 4 is 45.9 Å². The van der Waals surface area contributed by atoms with Crippen molar-refractivity contribution in [2.45, 2.75) is 11.5 Å². The van der Waals surface area contributed by atoms with Crippen molar-refractivity contribution in [3.8, 4) is 0 Å². The van der Waals surface area contributed by atoms with Crippen LogP contribution in [0.25, 0.3) is 0 Å². The maximum Gasteiger partial charge on any atom is 0.266 e. The molecule has 0 bridgehead atoms. The van der Waals surface area contributed by atoms with E-state index in [1.54, 1.807) is 29.7 Å². The van der Waals surface area contributed by atoms with Gasteiger partial charge in [0.1, 0.15) is 16.8 Å². The van der Waals surface area contributed by atoms with Gasteiger partial charge in [0.05, 0.1) is 11.3 Å². The number of hydrogen-bond acceptors (Lipinski definition) is 8. The number of benzene rings is 2. The fourth-order valence-corrected chi connectivity index (χ4v) is 3.94. The molecular formula is C20H19F3N6O4S2. The fraction of sp³-hybridized carbons (Fsp3) is 0.200. The quantitative estimate of drug-likeness (QED) is 0.103. The molecule has 15 heteroatoms. The Hall–Kier alpha value is -3.43. The second-order valence-corrected chi connectivity index (χ2v) is 8.93. The van der Waals surface area contributed by atoms with Crippen molar-refractivity contribution in [3.63, 3.8) is 0 Å². The maximum absolute atomic E-state index is 13.5. The highest BCUT2D eigenvalue weighted by Gasteiger charge is 2.19. The Morgan fingerprint density at radius 2 is 1.97 bits per heavy atom. The molecule has 4 N–H and O–H groups in total. The summed E-state index contributed by atoms with van der Waals surface area (Å²) in [5.41, 5.74) is 1.92. The van der Waals surface area contributed by atoms with E-state index in [2.05, 4.69) is 30.0 Å². The number of rotatable bonds is 10. The topological polar surface area (TPSA) is 142 Å². The lowest BCUT2D eigenvalue weighted by Gasteiger charge is -2.07. The first-order chi connectivity index (χ1) is 16.8. The fourth-order valence-electron chi connectivity index (χ4n) is 2.72. The molecule has 0 aliphatic heterocycles. The van der Waals surface area contributed by atoms with E-state index in [-0.39, 0.29) is 34.7 Å². The van der Waals surface area contributed by atoms with E-state index in [1.165, 1.54) is 6.26 Å². The molecule has 0 fully saturated rings. The highest BCUT2D eigenvalue weighted by atomic mass is 32.2. The monoisotopic (exact) mass is 528 g/mol. The summed E-state index contributed by atoms with van der Waals surface area (Å²) in [7, 11) is -1.22. The highest BCUT2D eigenvalue weighted by Crippen LogP contribution is 2.27. The van der Waals surface area contributed by atoms with E-state index in [0.29, 0.717) is 17.0 Å². The molecule has 1 amide bonds. The van der Waals surface area contributed by atoms with Crippen LogP contribution in [0, 0.1) is 5.82 Å². The second-order valence-electron chi connectivity index (χ2n) is 6.73. The molecule has 186 valence electrons. The number of carbonyl (C=O) groups is 1. The molecule has 2 aromatic carbocycles. The zero-order valence-corrected chi connectivity index (χ0v) is 19.6. The number of anilines is 1. The van der Waals surface area contributed by atoms with Gasteiger partial charge in [0.2, 0.25) is 0 Å². The summed E-state index contributed by atoms with van der Waals surface area (Å²) in [6, 6.07) is 9.27. The lowest BCUT2D eigenvalue weighted by atomic mass is 10.2. The number of carbonyl (C=O) groups excluding carboxylic acids is 1. The average Bonchev–Trinajstić information content (AvgIpc) is 3.29. The van der Waals surface area contributed by atoms with Crippen molar-refractivity contribution in [3.05, 3.63) is 65.1 Å². The SMILES string of the molecule is CS(=O)Nc1ccc(C(=O)NCCSc2nonc2C(=Nc2ccc(F)c(C(F)F)c2)NO)cc1. The number of alkyl halides is 2. The molecule has 35 heavy (non-hydrogen) atoms. The van der Waals surface area contributed by atoms with Gasteiger partial charge in [-0.05, 0) is 52.8 Å². The minimum absolute atomic E-state index is 0.0110. The maximum atomic E-state index is 13.5. The lowest BCUT2D eigenvalue weighted by Crippen LogP contribution is -2.26. The molecule has 1 heterocycles. The number of amidine groups is 1. The molecule has 0 aliphatic carbocycles. The largest absolute Gasteiger partial charge is 0.351 e. The van der Waals surface area contributed by atoms with Crippen LogP contribution in [0.4, 0.5) is 24.5 Å². The lowest BCUT2D eigenvalue weighted by molar-refractivity contribution is 0.0956. The molecule has 0 saturated heterocycles. The minimum Gasteiger partial charge on any atom is -0.351 e. The summed E-state index contributed by atoms with van der Waals surface area (Å²) in [6.07, 6.45) is -1.55. The Labute approximate surface area is 203 Å². The zero-order chi connectivity index (χ0) is 25.4. The minimum atomic E-state index is -3.04. The van der Waals surface area contributed by atoms with Crippen molar-refractivity contribution in [2.75, 3.05) is 23.3 Å². The molecule has 1 aromatic heterocycles. The van der Waals surface area contributed by atoms with Gasteiger partial charge in [-0.2, -0.15) is 0 Å². The van der Waals surface area contributed by atoms with Crippen LogP contribution in [0.5, 0.6) is 0 Å². The summed E-state index contributed by atoms with van der Waals surface area (Å²) in [5, 5.41) is 19.8. The summed E-state index contributed by atoms with van der Waals surface area (Å²) in [5.74, 6) is -1.32. The van der Waals surface area contributed by atoms with Gasteiger partial charge < -0.3 is 10.0 Å². The summed E-state index contributed by atoms with van der Waals surface area (Å²) >= 11 is 1.13. The van der Waals surface area contributed by atoms with Crippen LogP contribution in [-0.2, 0) is 11.0 Å². The number of thioether (sulfide) groups is 1. The van der Waals surface area contributed by atoms with E-state index in [9.17, 15) is 27.4 Å². The van der Waals surface area contributed by atoms with Gasteiger partial charge in [-0.1, -0.05) is 11.8 Å². The molecule has 1 unspecified atom stereocenters. The van der Waals surface area contributed by atoms with Crippen LogP contribution in [0.3, 0.4) is 0 Å². The number of hydrogen-bond donors (Lipinski definition) is 4. The number of amides is 1. The smallest absolute Gasteiger partial charge is 0.266 e. The number of halogens is 3. The number of nitrogens with zero attached hydrogens (tertiary/aromatic N) is 3. The van der Waals surface area contributed by atoms with Crippen LogP contribution >= 0.6 is 11.8 Å². The van der Waals surface area contributed by atoms with Gasteiger partial charge in [-0.15, -0.1) is 0 Å². The molecule has 3 rings (SSSR count). The van der Waals surface area contributed by atoms with Crippen LogP contribution in [0.2, 0.25) is 0 Å². The number of nitrogens with one attached hydrogen (secondary N) is 3. The molecule has 0 radical (unpaired) electrons. The van der Waals surface area contributed by atoms with Crippen LogP contribution in [0.15, 0.2) is 57.1 Å². The normalized spacial score (nSPS) is 12.5.